The van der Waals surface area contributed by atoms with Crippen LogP contribution in [0.2, 0.25) is 5.02 Å². The summed E-state index contributed by atoms with van der Waals surface area (Å²) in [5, 5.41) is 3.32. The van der Waals surface area contributed by atoms with Crippen LogP contribution in [0.4, 0.5) is 5.69 Å². The Kier molecular flexibility index (Phi) is 11.5. The Labute approximate surface area is 222 Å². The average Bonchev–Trinajstić information content (AvgIpc) is 2.79. The number of amides is 2. The highest BCUT2D eigenvalue weighted by Gasteiger charge is 2.26. The minimum atomic E-state index is -3.57. The summed E-state index contributed by atoms with van der Waals surface area (Å²) in [6.45, 7) is 4.70. The molecule has 35 heavy (non-hydrogen) atoms. The third kappa shape index (κ3) is 9.46. The predicted molar refractivity (Wildman–Crippen MR) is 145 cm³/mol. The second-order valence-corrected chi connectivity index (χ2v) is 11.6. The van der Waals surface area contributed by atoms with E-state index in [9.17, 15) is 18.0 Å². The normalized spacial score (nSPS) is 12.1. The second kappa shape index (κ2) is 13.8. The number of nitrogens with zero attached hydrogens (tertiary/aromatic N) is 2. The molecule has 1 atom stereocenters. The molecule has 0 aliphatic carbocycles. The van der Waals surface area contributed by atoms with Gasteiger partial charge in [-0.05, 0) is 55.7 Å². The van der Waals surface area contributed by atoms with Crippen molar-refractivity contribution in [1.82, 2.24) is 10.2 Å². The number of halogens is 2. The van der Waals surface area contributed by atoms with Crippen molar-refractivity contribution in [2.75, 3.05) is 23.7 Å². The van der Waals surface area contributed by atoms with Crippen molar-refractivity contribution in [2.24, 2.45) is 0 Å². The number of hydrogen-bond acceptors (Lipinski definition) is 4. The number of anilines is 1. The number of nitrogens with one attached hydrogen (secondary N) is 1. The second-order valence-electron chi connectivity index (χ2n) is 8.39. The minimum Gasteiger partial charge on any atom is -0.354 e. The molecule has 2 amide bonds. The van der Waals surface area contributed by atoms with Crippen molar-refractivity contribution in [3.8, 4) is 0 Å². The Hall–Kier alpha value is -2.10. The van der Waals surface area contributed by atoms with Crippen molar-refractivity contribution < 1.29 is 18.0 Å². The van der Waals surface area contributed by atoms with E-state index in [2.05, 4.69) is 21.2 Å². The summed E-state index contributed by atoms with van der Waals surface area (Å²) in [5.41, 5.74) is 1.33. The van der Waals surface area contributed by atoms with Crippen LogP contribution < -0.4 is 9.62 Å². The quantitative estimate of drug-likeness (QED) is 0.335. The van der Waals surface area contributed by atoms with Crippen LogP contribution in [0.3, 0.4) is 0 Å². The maximum atomic E-state index is 13.3. The minimum absolute atomic E-state index is 0.0904. The zero-order chi connectivity index (χ0) is 26.0. The van der Waals surface area contributed by atoms with Crippen LogP contribution in [0.1, 0.15) is 45.1 Å². The van der Waals surface area contributed by atoms with Crippen molar-refractivity contribution in [1.29, 1.82) is 0 Å². The van der Waals surface area contributed by atoms with E-state index in [-0.39, 0.29) is 37.7 Å². The fourth-order valence-corrected chi connectivity index (χ4v) is 5.17. The maximum Gasteiger partial charge on any atom is 0.242 e. The smallest absolute Gasteiger partial charge is 0.242 e. The van der Waals surface area contributed by atoms with Crippen LogP contribution in [0.15, 0.2) is 53.0 Å². The summed E-state index contributed by atoms with van der Waals surface area (Å²) in [7, 11) is -3.57. The van der Waals surface area contributed by atoms with Crippen molar-refractivity contribution in [2.45, 2.75) is 52.1 Å². The topological polar surface area (TPSA) is 86.8 Å². The molecule has 7 nitrogen and oxygen atoms in total. The summed E-state index contributed by atoms with van der Waals surface area (Å²) < 4.78 is 26.9. The fraction of sp³-hybridized carbons (Fsp3) is 0.440. The highest BCUT2D eigenvalue weighted by atomic mass is 79.9. The lowest BCUT2D eigenvalue weighted by Gasteiger charge is -2.29. The van der Waals surface area contributed by atoms with Gasteiger partial charge < -0.3 is 10.2 Å². The van der Waals surface area contributed by atoms with Crippen molar-refractivity contribution in [3.63, 3.8) is 0 Å². The molecule has 10 heteroatoms. The third-order valence-corrected chi connectivity index (χ3v) is 7.41. The lowest BCUT2D eigenvalue weighted by Crippen LogP contribution is -2.48. The van der Waals surface area contributed by atoms with E-state index in [0.29, 0.717) is 17.3 Å². The van der Waals surface area contributed by atoms with E-state index in [0.717, 1.165) is 29.1 Å². The number of sulfonamides is 1. The van der Waals surface area contributed by atoms with Gasteiger partial charge in [0.2, 0.25) is 21.8 Å². The molecule has 192 valence electrons. The van der Waals surface area contributed by atoms with E-state index < -0.39 is 16.1 Å². The molecule has 0 fully saturated rings. The van der Waals surface area contributed by atoms with Crippen LogP contribution in [-0.4, -0.2) is 50.5 Å². The fourth-order valence-electron chi connectivity index (χ4n) is 3.59. The summed E-state index contributed by atoms with van der Waals surface area (Å²) in [6.07, 6.45) is 3.32. The molecule has 2 aromatic rings. The van der Waals surface area contributed by atoms with E-state index in [4.69, 9.17) is 11.6 Å². The zero-order valence-electron chi connectivity index (χ0n) is 20.3. The van der Waals surface area contributed by atoms with Crippen molar-refractivity contribution >= 4 is 55.1 Å². The number of carbonyl (C=O) groups excluding carboxylic acids is 2. The molecule has 2 rings (SSSR count). The lowest BCUT2D eigenvalue weighted by molar-refractivity contribution is -0.140. The summed E-state index contributed by atoms with van der Waals surface area (Å²) >= 11 is 9.49. The first-order chi connectivity index (χ1) is 16.5. The number of carbonyl (C=O) groups is 2. The van der Waals surface area contributed by atoms with E-state index in [1.165, 1.54) is 4.31 Å². The van der Waals surface area contributed by atoms with Gasteiger partial charge in [0.1, 0.15) is 6.04 Å². The van der Waals surface area contributed by atoms with Gasteiger partial charge in [0.25, 0.3) is 0 Å². The Balaban J connectivity index is 2.14. The molecule has 0 aliphatic heterocycles. The Morgan fingerprint density at radius 2 is 1.83 bits per heavy atom. The maximum absolute atomic E-state index is 13.3. The number of hydrogen-bond donors (Lipinski definition) is 1. The molecule has 0 aliphatic rings. The third-order valence-electron chi connectivity index (χ3n) is 5.49. The van der Waals surface area contributed by atoms with E-state index in [1.54, 1.807) is 36.1 Å². The largest absolute Gasteiger partial charge is 0.354 e. The first-order valence-corrected chi connectivity index (χ1v) is 14.6. The standard InChI is InChI=1S/C25H33BrClN3O4S/c1-4-5-14-28-25(32)19(2)29(18-20-9-6-10-21(26)16-20)24(31)13-8-15-30(35(3,33)34)23-12-7-11-22(27)17-23/h6-7,9-12,16-17,19H,4-5,8,13-15,18H2,1-3H3,(H,28,32)/t19-/m1/s1. The van der Waals surface area contributed by atoms with Crippen LogP contribution in [0.5, 0.6) is 0 Å². The molecule has 0 saturated heterocycles. The SMILES string of the molecule is CCCCNC(=O)[C@@H](C)N(Cc1cccc(Br)c1)C(=O)CCCN(c1cccc(Cl)c1)S(C)(=O)=O. The number of rotatable bonds is 13. The molecule has 0 heterocycles. The van der Waals surface area contributed by atoms with Crippen LogP contribution in [0, 0.1) is 0 Å². The lowest BCUT2D eigenvalue weighted by atomic mass is 10.1. The molecule has 0 saturated carbocycles. The molecule has 2 aromatic carbocycles. The molecule has 0 spiro atoms. The summed E-state index contributed by atoms with van der Waals surface area (Å²) in [4.78, 5) is 27.6. The van der Waals surface area contributed by atoms with E-state index >= 15 is 0 Å². The molecule has 1 N–H and O–H groups in total. The summed E-state index contributed by atoms with van der Waals surface area (Å²) in [6, 6.07) is 13.5. The predicted octanol–water partition coefficient (Wildman–Crippen LogP) is 4.98. The first-order valence-electron chi connectivity index (χ1n) is 11.6. The van der Waals surface area contributed by atoms with Gasteiger partial charge in [-0.3, -0.25) is 13.9 Å². The number of benzene rings is 2. The molecule has 0 aromatic heterocycles. The average molecular weight is 587 g/mol. The summed E-state index contributed by atoms with van der Waals surface area (Å²) in [5.74, 6) is -0.429. The van der Waals surface area contributed by atoms with Gasteiger partial charge in [-0.2, -0.15) is 0 Å². The van der Waals surface area contributed by atoms with Gasteiger partial charge in [-0.1, -0.05) is 59.1 Å². The van der Waals surface area contributed by atoms with Gasteiger partial charge in [0, 0.05) is 35.6 Å². The zero-order valence-corrected chi connectivity index (χ0v) is 23.5. The van der Waals surface area contributed by atoms with E-state index in [1.807, 2.05) is 31.2 Å². The van der Waals surface area contributed by atoms with Crippen LogP contribution in [0.25, 0.3) is 0 Å². The van der Waals surface area contributed by atoms with Gasteiger partial charge >= 0.3 is 0 Å². The highest BCUT2D eigenvalue weighted by molar-refractivity contribution is 9.10. The Morgan fingerprint density at radius 1 is 1.11 bits per heavy atom. The van der Waals surface area contributed by atoms with Crippen molar-refractivity contribution in [3.05, 3.63) is 63.6 Å². The van der Waals surface area contributed by atoms with Gasteiger partial charge in [-0.25, -0.2) is 8.42 Å². The molecular weight excluding hydrogens is 554 g/mol. The van der Waals surface area contributed by atoms with Crippen LogP contribution in [-0.2, 0) is 26.2 Å². The highest BCUT2D eigenvalue weighted by Crippen LogP contribution is 2.23. The Morgan fingerprint density at radius 3 is 2.46 bits per heavy atom. The molecular formula is C25H33BrClN3O4S. The first kappa shape index (κ1) is 29.1. The van der Waals surface area contributed by atoms with Gasteiger partial charge in [-0.15, -0.1) is 0 Å². The molecule has 0 unspecified atom stereocenters. The van der Waals surface area contributed by atoms with Gasteiger partial charge in [0.15, 0.2) is 0 Å². The van der Waals surface area contributed by atoms with Gasteiger partial charge in [0.05, 0.1) is 11.9 Å². The molecule has 0 bridgehead atoms. The Bertz CT molecular complexity index is 1110. The molecule has 0 radical (unpaired) electrons. The number of unbranched alkanes of at least 4 members (excludes halogenated alkanes) is 1. The van der Waals surface area contributed by atoms with Crippen LogP contribution >= 0.6 is 27.5 Å². The monoisotopic (exact) mass is 585 g/mol.